The SMILES string of the molecule is COc1cccc(CCn2c(N)nc3ccc(F)cc32)c1. The molecule has 2 N–H and O–H groups in total. The number of imidazole rings is 1. The summed E-state index contributed by atoms with van der Waals surface area (Å²) in [7, 11) is 1.64. The molecule has 2 aromatic carbocycles. The van der Waals surface area contributed by atoms with Crippen LogP contribution in [0.15, 0.2) is 42.5 Å². The van der Waals surface area contributed by atoms with Gasteiger partial charge in [0, 0.05) is 6.54 Å². The van der Waals surface area contributed by atoms with E-state index >= 15 is 0 Å². The molecule has 0 bridgehead atoms. The molecule has 5 heteroatoms. The third-order valence-corrected chi connectivity index (χ3v) is 3.50. The van der Waals surface area contributed by atoms with Crippen molar-refractivity contribution in [2.24, 2.45) is 0 Å². The van der Waals surface area contributed by atoms with Crippen LogP contribution < -0.4 is 10.5 Å². The molecule has 0 saturated carbocycles. The smallest absolute Gasteiger partial charge is 0.201 e. The monoisotopic (exact) mass is 285 g/mol. The van der Waals surface area contributed by atoms with E-state index < -0.39 is 0 Å². The van der Waals surface area contributed by atoms with Gasteiger partial charge in [-0.15, -0.1) is 0 Å². The molecular formula is C16H16FN3O. The second-order valence-electron chi connectivity index (χ2n) is 4.86. The summed E-state index contributed by atoms with van der Waals surface area (Å²) in [5.74, 6) is 0.936. The van der Waals surface area contributed by atoms with Crippen LogP contribution in [0.3, 0.4) is 0 Å². The highest BCUT2D eigenvalue weighted by atomic mass is 19.1. The molecule has 1 heterocycles. The Morgan fingerprint density at radius 3 is 2.90 bits per heavy atom. The first-order valence-electron chi connectivity index (χ1n) is 6.71. The molecule has 1 aromatic heterocycles. The summed E-state index contributed by atoms with van der Waals surface area (Å²) in [5, 5.41) is 0. The minimum Gasteiger partial charge on any atom is -0.497 e. The molecule has 0 amide bonds. The number of aromatic nitrogens is 2. The zero-order chi connectivity index (χ0) is 14.8. The van der Waals surface area contributed by atoms with E-state index in [0.717, 1.165) is 23.3 Å². The Kier molecular flexibility index (Phi) is 3.48. The van der Waals surface area contributed by atoms with Gasteiger partial charge < -0.3 is 15.0 Å². The minimum absolute atomic E-state index is 0.287. The lowest BCUT2D eigenvalue weighted by Gasteiger charge is -2.08. The maximum atomic E-state index is 13.4. The number of hydrogen-bond donors (Lipinski definition) is 1. The van der Waals surface area contributed by atoms with E-state index in [9.17, 15) is 4.39 Å². The second kappa shape index (κ2) is 5.44. The van der Waals surface area contributed by atoms with Crippen LogP contribution in [-0.4, -0.2) is 16.7 Å². The van der Waals surface area contributed by atoms with Crippen molar-refractivity contribution in [3.05, 3.63) is 53.8 Å². The highest BCUT2D eigenvalue weighted by molar-refractivity contribution is 5.78. The first-order chi connectivity index (χ1) is 10.2. The number of anilines is 1. The molecule has 0 aliphatic rings. The predicted octanol–water partition coefficient (Wildman–Crippen LogP) is 3.01. The van der Waals surface area contributed by atoms with Gasteiger partial charge in [-0.2, -0.15) is 0 Å². The van der Waals surface area contributed by atoms with Crippen molar-refractivity contribution < 1.29 is 9.13 Å². The summed E-state index contributed by atoms with van der Waals surface area (Å²) in [6.07, 6.45) is 0.767. The van der Waals surface area contributed by atoms with Gasteiger partial charge in [0.1, 0.15) is 11.6 Å². The van der Waals surface area contributed by atoms with Crippen LogP contribution in [-0.2, 0) is 13.0 Å². The van der Waals surface area contributed by atoms with E-state index in [2.05, 4.69) is 4.98 Å². The molecule has 108 valence electrons. The molecular weight excluding hydrogens is 269 g/mol. The summed E-state index contributed by atoms with van der Waals surface area (Å²) in [6.45, 7) is 0.638. The Labute approximate surface area is 122 Å². The molecule has 0 spiro atoms. The number of aryl methyl sites for hydroxylation is 2. The number of methoxy groups -OCH3 is 1. The van der Waals surface area contributed by atoms with Gasteiger partial charge in [0.2, 0.25) is 5.95 Å². The summed E-state index contributed by atoms with van der Waals surface area (Å²) in [6, 6.07) is 12.4. The zero-order valence-corrected chi connectivity index (χ0v) is 11.7. The molecule has 0 unspecified atom stereocenters. The van der Waals surface area contributed by atoms with Crippen LogP contribution in [0, 0.1) is 5.82 Å². The molecule has 4 nitrogen and oxygen atoms in total. The first-order valence-corrected chi connectivity index (χ1v) is 6.71. The van der Waals surface area contributed by atoms with Crippen molar-refractivity contribution in [2.45, 2.75) is 13.0 Å². The van der Waals surface area contributed by atoms with Crippen LogP contribution in [0.4, 0.5) is 10.3 Å². The number of benzene rings is 2. The topological polar surface area (TPSA) is 53.1 Å². The molecule has 0 atom stereocenters. The van der Waals surface area contributed by atoms with Crippen LogP contribution in [0.1, 0.15) is 5.56 Å². The Balaban J connectivity index is 1.87. The average molecular weight is 285 g/mol. The number of nitrogens with zero attached hydrogens (tertiary/aromatic N) is 2. The van der Waals surface area contributed by atoms with Crippen molar-refractivity contribution in [1.82, 2.24) is 9.55 Å². The van der Waals surface area contributed by atoms with E-state index in [1.807, 2.05) is 28.8 Å². The second-order valence-corrected chi connectivity index (χ2v) is 4.86. The predicted molar refractivity (Wildman–Crippen MR) is 80.8 cm³/mol. The Morgan fingerprint density at radius 1 is 1.24 bits per heavy atom. The van der Waals surface area contributed by atoms with E-state index in [4.69, 9.17) is 10.5 Å². The van der Waals surface area contributed by atoms with Crippen molar-refractivity contribution in [2.75, 3.05) is 12.8 Å². The lowest BCUT2D eigenvalue weighted by atomic mass is 10.1. The fraction of sp³-hybridized carbons (Fsp3) is 0.188. The Bertz CT molecular complexity index is 782. The fourth-order valence-corrected chi connectivity index (χ4v) is 2.42. The van der Waals surface area contributed by atoms with Crippen molar-refractivity contribution >= 4 is 17.0 Å². The van der Waals surface area contributed by atoms with E-state index in [1.54, 1.807) is 13.2 Å². The molecule has 0 radical (unpaired) electrons. The van der Waals surface area contributed by atoms with Crippen LogP contribution in [0.25, 0.3) is 11.0 Å². The molecule has 3 aromatic rings. The van der Waals surface area contributed by atoms with Crippen LogP contribution >= 0.6 is 0 Å². The average Bonchev–Trinajstić information content (AvgIpc) is 2.80. The quantitative estimate of drug-likeness (QED) is 0.801. The number of rotatable bonds is 4. The largest absolute Gasteiger partial charge is 0.497 e. The van der Waals surface area contributed by atoms with Gasteiger partial charge in [-0.05, 0) is 42.3 Å². The highest BCUT2D eigenvalue weighted by Crippen LogP contribution is 2.20. The fourth-order valence-electron chi connectivity index (χ4n) is 2.42. The van der Waals surface area contributed by atoms with Crippen molar-refractivity contribution in [3.8, 4) is 5.75 Å². The standard InChI is InChI=1S/C16H16FN3O/c1-21-13-4-2-3-11(9-13)7-8-20-15-10-12(17)5-6-14(15)19-16(20)18/h2-6,9-10H,7-8H2,1H3,(H2,18,19). The first kappa shape index (κ1) is 13.4. The third kappa shape index (κ3) is 2.67. The van der Waals surface area contributed by atoms with Gasteiger partial charge in [-0.3, -0.25) is 0 Å². The summed E-state index contributed by atoms with van der Waals surface area (Å²) in [5.41, 5.74) is 8.49. The maximum absolute atomic E-state index is 13.4. The van der Waals surface area contributed by atoms with Gasteiger partial charge in [-0.1, -0.05) is 12.1 Å². The summed E-state index contributed by atoms with van der Waals surface area (Å²) in [4.78, 5) is 4.25. The number of nitrogens with two attached hydrogens (primary N) is 1. The van der Waals surface area contributed by atoms with E-state index in [1.165, 1.54) is 12.1 Å². The van der Waals surface area contributed by atoms with Crippen LogP contribution in [0.2, 0.25) is 0 Å². The normalized spacial score (nSPS) is 11.0. The van der Waals surface area contributed by atoms with E-state index in [0.29, 0.717) is 18.0 Å². The maximum Gasteiger partial charge on any atom is 0.201 e. The molecule has 0 fully saturated rings. The lowest BCUT2D eigenvalue weighted by Crippen LogP contribution is -2.05. The van der Waals surface area contributed by atoms with Gasteiger partial charge in [0.05, 0.1) is 18.1 Å². The molecule has 0 aliphatic heterocycles. The van der Waals surface area contributed by atoms with Gasteiger partial charge >= 0.3 is 0 Å². The molecule has 0 aliphatic carbocycles. The molecule has 3 rings (SSSR count). The zero-order valence-electron chi connectivity index (χ0n) is 11.7. The number of halogens is 1. The Hall–Kier alpha value is -2.56. The third-order valence-electron chi connectivity index (χ3n) is 3.50. The highest BCUT2D eigenvalue weighted by Gasteiger charge is 2.09. The molecule has 0 saturated heterocycles. The summed E-state index contributed by atoms with van der Waals surface area (Å²) < 4.78 is 20.4. The van der Waals surface area contributed by atoms with Gasteiger partial charge in [0.25, 0.3) is 0 Å². The summed E-state index contributed by atoms with van der Waals surface area (Å²) >= 11 is 0. The van der Waals surface area contributed by atoms with E-state index in [-0.39, 0.29) is 5.82 Å². The number of ether oxygens (including phenoxy) is 1. The Morgan fingerprint density at radius 2 is 2.10 bits per heavy atom. The lowest BCUT2D eigenvalue weighted by molar-refractivity contribution is 0.414. The number of hydrogen-bond acceptors (Lipinski definition) is 3. The van der Waals surface area contributed by atoms with Crippen LogP contribution in [0.5, 0.6) is 5.75 Å². The molecule has 21 heavy (non-hydrogen) atoms. The van der Waals surface area contributed by atoms with Gasteiger partial charge in [0.15, 0.2) is 0 Å². The van der Waals surface area contributed by atoms with Crippen molar-refractivity contribution in [1.29, 1.82) is 0 Å². The van der Waals surface area contributed by atoms with Crippen molar-refractivity contribution in [3.63, 3.8) is 0 Å². The number of nitrogen functional groups attached to an aromatic ring is 1. The minimum atomic E-state index is -0.287. The number of fused-ring (bicyclic) bond motifs is 1. The van der Waals surface area contributed by atoms with Gasteiger partial charge in [-0.25, -0.2) is 9.37 Å².